The summed E-state index contributed by atoms with van der Waals surface area (Å²) in [6, 6.07) is 4.38. The maximum absolute atomic E-state index is 14.2. The van der Waals surface area contributed by atoms with Crippen LogP contribution in [-0.2, 0) is 4.74 Å². The van der Waals surface area contributed by atoms with E-state index in [4.69, 9.17) is 9.47 Å². The van der Waals surface area contributed by atoms with Crippen molar-refractivity contribution in [1.29, 1.82) is 0 Å². The van der Waals surface area contributed by atoms with Gasteiger partial charge in [-0.15, -0.1) is 0 Å². The first kappa shape index (κ1) is 25.9. The summed E-state index contributed by atoms with van der Waals surface area (Å²) in [6.45, 7) is 6.08. The van der Waals surface area contributed by atoms with Crippen LogP contribution in [0.4, 0.5) is 9.18 Å². The summed E-state index contributed by atoms with van der Waals surface area (Å²) >= 11 is 0. The van der Waals surface area contributed by atoms with Gasteiger partial charge in [-0.25, -0.2) is 19.2 Å². The normalized spacial score (nSPS) is 19.7. The molecular formula is C28H34FN5O4. The topological polar surface area (TPSA) is 118 Å². The summed E-state index contributed by atoms with van der Waals surface area (Å²) in [4.78, 5) is 37.1. The maximum Gasteiger partial charge on any atom is 0.407 e. The number of carbonyl (C=O) groups excluding carboxylic acids is 2. The summed E-state index contributed by atoms with van der Waals surface area (Å²) in [5.41, 5.74) is 1.86. The summed E-state index contributed by atoms with van der Waals surface area (Å²) < 4.78 is 25.5. The molecule has 2 aliphatic carbocycles. The highest BCUT2D eigenvalue weighted by atomic mass is 19.1. The van der Waals surface area contributed by atoms with Crippen LogP contribution in [0.2, 0.25) is 0 Å². The Morgan fingerprint density at radius 1 is 1.05 bits per heavy atom. The van der Waals surface area contributed by atoms with E-state index in [0.29, 0.717) is 46.1 Å². The Morgan fingerprint density at radius 2 is 1.76 bits per heavy atom. The average molecular weight is 524 g/mol. The van der Waals surface area contributed by atoms with E-state index in [2.05, 4.69) is 25.6 Å². The second kappa shape index (κ2) is 10.6. The van der Waals surface area contributed by atoms with Gasteiger partial charge in [0, 0.05) is 23.8 Å². The fourth-order valence-corrected chi connectivity index (χ4v) is 4.74. The Kier molecular flexibility index (Phi) is 7.23. The third kappa shape index (κ3) is 6.23. The van der Waals surface area contributed by atoms with Crippen molar-refractivity contribution in [3.8, 4) is 17.0 Å². The molecule has 38 heavy (non-hydrogen) atoms. The van der Waals surface area contributed by atoms with Gasteiger partial charge in [-0.05, 0) is 83.4 Å². The molecule has 5 rings (SSSR count). The molecule has 0 aliphatic heterocycles. The Bertz CT molecular complexity index is 1320. The van der Waals surface area contributed by atoms with E-state index in [1.165, 1.54) is 18.5 Å². The van der Waals surface area contributed by atoms with E-state index in [1.807, 2.05) is 20.8 Å². The number of ether oxygens (including phenoxy) is 2. The van der Waals surface area contributed by atoms with Crippen LogP contribution in [0.3, 0.4) is 0 Å². The van der Waals surface area contributed by atoms with Crippen molar-refractivity contribution in [1.82, 2.24) is 25.6 Å². The number of aromatic nitrogens is 3. The highest BCUT2D eigenvalue weighted by Crippen LogP contribution is 2.36. The summed E-state index contributed by atoms with van der Waals surface area (Å²) in [6.07, 6.45) is 7.82. The number of amides is 2. The van der Waals surface area contributed by atoms with Gasteiger partial charge in [0.05, 0.1) is 17.7 Å². The predicted molar refractivity (Wildman–Crippen MR) is 140 cm³/mol. The molecule has 3 N–H and O–H groups in total. The van der Waals surface area contributed by atoms with Gasteiger partial charge in [-0.2, -0.15) is 0 Å². The fourth-order valence-electron chi connectivity index (χ4n) is 4.74. The lowest BCUT2D eigenvalue weighted by Gasteiger charge is -2.30. The smallest absolute Gasteiger partial charge is 0.407 e. The number of alkyl carbamates (subject to hydrolysis) is 1. The van der Waals surface area contributed by atoms with Crippen LogP contribution in [0.5, 0.6) is 5.75 Å². The van der Waals surface area contributed by atoms with E-state index >= 15 is 0 Å². The lowest BCUT2D eigenvalue weighted by molar-refractivity contribution is 0.0488. The molecule has 2 heterocycles. The molecule has 0 spiro atoms. The first-order chi connectivity index (χ1) is 18.2. The van der Waals surface area contributed by atoms with E-state index in [0.717, 1.165) is 38.5 Å². The summed E-state index contributed by atoms with van der Waals surface area (Å²) in [5.74, 6) is 0.457. The van der Waals surface area contributed by atoms with Crippen molar-refractivity contribution in [2.45, 2.75) is 77.0 Å². The molecule has 0 unspecified atom stereocenters. The van der Waals surface area contributed by atoms with Crippen molar-refractivity contribution in [2.75, 3.05) is 6.61 Å². The SMILES string of the molecule is CC(C)(C)OC(=O)NC1CCC(NC(=O)c2c[nH]c3c(-c4cc(F)ccc4OCC4CC4)ncnc23)CC1. The molecule has 0 saturated heterocycles. The molecule has 0 atom stereocenters. The van der Waals surface area contributed by atoms with Crippen LogP contribution in [0, 0.1) is 11.7 Å². The largest absolute Gasteiger partial charge is 0.493 e. The minimum atomic E-state index is -0.544. The minimum Gasteiger partial charge on any atom is -0.493 e. The van der Waals surface area contributed by atoms with Gasteiger partial charge >= 0.3 is 6.09 Å². The van der Waals surface area contributed by atoms with Gasteiger partial charge in [0.15, 0.2) is 0 Å². The monoisotopic (exact) mass is 523 g/mol. The molecule has 2 aliphatic rings. The lowest BCUT2D eigenvalue weighted by atomic mass is 9.91. The molecular weight excluding hydrogens is 489 g/mol. The molecule has 0 radical (unpaired) electrons. The molecule has 1 aromatic carbocycles. The average Bonchev–Trinajstić information content (AvgIpc) is 3.58. The highest BCUT2D eigenvalue weighted by Gasteiger charge is 2.27. The molecule has 0 bridgehead atoms. The number of H-pyrrole nitrogens is 1. The number of nitrogens with zero attached hydrogens (tertiary/aromatic N) is 2. The van der Waals surface area contributed by atoms with Crippen molar-refractivity contribution in [2.24, 2.45) is 5.92 Å². The second-order valence-corrected chi connectivity index (χ2v) is 11.2. The molecule has 202 valence electrons. The van der Waals surface area contributed by atoms with Crippen molar-refractivity contribution >= 4 is 23.0 Å². The first-order valence-electron chi connectivity index (χ1n) is 13.2. The third-order valence-corrected chi connectivity index (χ3v) is 6.86. The molecule has 9 nitrogen and oxygen atoms in total. The van der Waals surface area contributed by atoms with Gasteiger partial charge in [0.1, 0.15) is 34.7 Å². The molecule has 3 aromatic rings. The maximum atomic E-state index is 14.2. The summed E-state index contributed by atoms with van der Waals surface area (Å²) in [7, 11) is 0. The van der Waals surface area contributed by atoms with E-state index in [9.17, 15) is 14.0 Å². The second-order valence-electron chi connectivity index (χ2n) is 11.2. The molecule has 2 saturated carbocycles. The van der Waals surface area contributed by atoms with Crippen LogP contribution < -0.4 is 15.4 Å². The Hall–Kier alpha value is -3.69. The lowest BCUT2D eigenvalue weighted by Crippen LogP contribution is -2.45. The van der Waals surface area contributed by atoms with Gasteiger partial charge in [0.2, 0.25) is 0 Å². The van der Waals surface area contributed by atoms with Gasteiger partial charge < -0.3 is 25.1 Å². The predicted octanol–water partition coefficient (Wildman–Crippen LogP) is 5.12. The number of hydrogen-bond donors (Lipinski definition) is 3. The molecule has 2 fully saturated rings. The number of hydrogen-bond acceptors (Lipinski definition) is 6. The number of fused-ring (bicyclic) bond motifs is 1. The highest BCUT2D eigenvalue weighted by molar-refractivity contribution is 6.07. The van der Waals surface area contributed by atoms with Crippen LogP contribution in [0.15, 0.2) is 30.7 Å². The van der Waals surface area contributed by atoms with E-state index < -0.39 is 17.5 Å². The quantitative estimate of drug-likeness (QED) is 0.396. The third-order valence-electron chi connectivity index (χ3n) is 6.86. The Morgan fingerprint density at radius 3 is 2.45 bits per heavy atom. The van der Waals surface area contributed by atoms with Crippen molar-refractivity contribution in [3.05, 3.63) is 42.1 Å². The first-order valence-corrected chi connectivity index (χ1v) is 13.2. The minimum absolute atomic E-state index is 0.0175. The number of halogens is 1. The fraction of sp³-hybridized carbons (Fsp3) is 0.500. The molecule has 2 aromatic heterocycles. The van der Waals surface area contributed by atoms with Gasteiger partial charge in [-0.3, -0.25) is 4.79 Å². The molecule has 10 heteroatoms. The number of nitrogens with one attached hydrogen (secondary N) is 3. The zero-order valence-corrected chi connectivity index (χ0v) is 22.0. The zero-order chi connectivity index (χ0) is 26.9. The van der Waals surface area contributed by atoms with Crippen LogP contribution in [-0.4, -0.2) is 51.2 Å². The number of aromatic amines is 1. The number of benzene rings is 1. The van der Waals surface area contributed by atoms with Crippen molar-refractivity contribution in [3.63, 3.8) is 0 Å². The van der Waals surface area contributed by atoms with Crippen LogP contribution in [0.25, 0.3) is 22.3 Å². The van der Waals surface area contributed by atoms with E-state index in [1.54, 1.807) is 12.3 Å². The van der Waals surface area contributed by atoms with Gasteiger partial charge in [-0.1, -0.05) is 0 Å². The number of rotatable bonds is 7. The summed E-state index contributed by atoms with van der Waals surface area (Å²) in [5, 5.41) is 6.01. The van der Waals surface area contributed by atoms with Crippen LogP contribution >= 0.6 is 0 Å². The van der Waals surface area contributed by atoms with E-state index in [-0.39, 0.29) is 18.0 Å². The Balaban J connectivity index is 1.26. The van der Waals surface area contributed by atoms with Crippen molar-refractivity contribution < 1.29 is 23.5 Å². The standard InChI is InChI=1S/C28H34FN5O4/c1-28(2,3)38-27(36)34-19-9-7-18(8-10-19)33-26(35)21-13-30-25-23(31-15-32-24(21)25)20-12-17(29)6-11-22(20)37-14-16-4-5-16/h6,11-13,15-16,18-19,30H,4-5,7-10,14H2,1-3H3,(H,33,35)(H,34,36). The molecule has 2 amide bonds. The van der Waals surface area contributed by atoms with Crippen LogP contribution in [0.1, 0.15) is 69.7 Å². The number of carbonyl (C=O) groups is 2. The zero-order valence-electron chi connectivity index (χ0n) is 22.0. The van der Waals surface area contributed by atoms with Gasteiger partial charge in [0.25, 0.3) is 5.91 Å². The Labute approximate surface area is 220 Å².